The van der Waals surface area contributed by atoms with Crippen molar-refractivity contribution in [2.75, 3.05) is 32.9 Å². The maximum atomic E-state index is 11.9. The van der Waals surface area contributed by atoms with Crippen LogP contribution in [0.15, 0.2) is 30.4 Å². The lowest BCUT2D eigenvalue weighted by molar-refractivity contribution is -0.195. The van der Waals surface area contributed by atoms with E-state index in [1.807, 2.05) is 0 Å². The molecule has 0 aromatic heterocycles. The molecule has 3 amide bonds. The number of imide groups is 1. The number of aliphatic hydroxyl groups excluding tert-OH is 1. The number of rotatable bonds is 16. The zero-order chi connectivity index (χ0) is 28.2. The van der Waals surface area contributed by atoms with Gasteiger partial charge in [0.2, 0.25) is 12.2 Å². The second kappa shape index (κ2) is 14.8. The van der Waals surface area contributed by atoms with Gasteiger partial charge in [-0.05, 0) is 12.1 Å². The van der Waals surface area contributed by atoms with E-state index < -0.39 is 36.3 Å². The van der Waals surface area contributed by atoms with E-state index in [-0.39, 0.29) is 64.7 Å². The molecule has 0 spiro atoms. The number of hydrogen-bond acceptors (Lipinski definition) is 11. The molecule has 14 heteroatoms. The van der Waals surface area contributed by atoms with Crippen LogP contribution in [0.2, 0.25) is 0 Å². The van der Waals surface area contributed by atoms with Crippen molar-refractivity contribution < 1.29 is 57.9 Å². The third-order valence-electron chi connectivity index (χ3n) is 5.67. The Morgan fingerprint density at radius 2 is 1.90 bits per heavy atom. The zero-order valence-corrected chi connectivity index (χ0v) is 21.0. The van der Waals surface area contributed by atoms with Crippen LogP contribution in [0.25, 0.3) is 0 Å². The lowest BCUT2D eigenvalue weighted by Crippen LogP contribution is -2.42. The molecule has 2 aliphatic rings. The van der Waals surface area contributed by atoms with Crippen LogP contribution >= 0.6 is 0 Å². The summed E-state index contributed by atoms with van der Waals surface area (Å²) in [5, 5.41) is 21.7. The predicted molar refractivity (Wildman–Crippen MR) is 129 cm³/mol. The molecule has 3 atom stereocenters. The summed E-state index contributed by atoms with van der Waals surface area (Å²) in [5.74, 6) is -1.79. The number of aliphatic carboxylic acids is 1. The predicted octanol–water partition coefficient (Wildman–Crippen LogP) is -0.484. The summed E-state index contributed by atoms with van der Waals surface area (Å²) in [5.41, 5.74) is 0.542. The third-order valence-corrected chi connectivity index (χ3v) is 5.67. The van der Waals surface area contributed by atoms with E-state index in [0.29, 0.717) is 23.5 Å². The van der Waals surface area contributed by atoms with Crippen molar-refractivity contribution in [2.24, 2.45) is 0 Å². The number of amides is 3. The van der Waals surface area contributed by atoms with E-state index in [1.165, 1.54) is 6.07 Å². The van der Waals surface area contributed by atoms with Crippen molar-refractivity contribution in [1.82, 2.24) is 10.2 Å². The van der Waals surface area contributed by atoms with Crippen LogP contribution in [0.3, 0.4) is 0 Å². The summed E-state index contributed by atoms with van der Waals surface area (Å²) < 4.78 is 27.1. The third kappa shape index (κ3) is 9.35. The van der Waals surface area contributed by atoms with Gasteiger partial charge in [-0.25, -0.2) is 4.79 Å². The van der Waals surface area contributed by atoms with E-state index in [4.69, 9.17) is 23.7 Å². The Balaban J connectivity index is 1.40. The van der Waals surface area contributed by atoms with Crippen LogP contribution in [0.1, 0.15) is 24.8 Å². The average molecular weight is 551 g/mol. The van der Waals surface area contributed by atoms with Crippen molar-refractivity contribution in [3.63, 3.8) is 0 Å². The number of carboxylic acids is 1. The van der Waals surface area contributed by atoms with Crippen molar-refractivity contribution >= 4 is 30.2 Å². The zero-order valence-electron chi connectivity index (χ0n) is 21.0. The van der Waals surface area contributed by atoms with Crippen LogP contribution in [-0.2, 0) is 44.8 Å². The minimum absolute atomic E-state index is 0.00226. The van der Waals surface area contributed by atoms with Gasteiger partial charge in [0.05, 0.1) is 19.3 Å². The highest BCUT2D eigenvalue weighted by Crippen LogP contribution is 2.29. The van der Waals surface area contributed by atoms with Gasteiger partial charge in [0.25, 0.3) is 18.3 Å². The van der Waals surface area contributed by atoms with Gasteiger partial charge in [0.15, 0.2) is 6.10 Å². The SMILES string of the molecule is O=COCc1ccc(OC2CC(O)CC(C(=O)O)O2)cc1OCCOCCNC(=O)CCN1C(=O)C=CC1=O. The molecule has 3 N–H and O–H groups in total. The molecular formula is C25H30N2O12. The Morgan fingerprint density at radius 1 is 1.13 bits per heavy atom. The lowest BCUT2D eigenvalue weighted by Gasteiger charge is -2.31. The fourth-order valence-corrected chi connectivity index (χ4v) is 3.76. The van der Waals surface area contributed by atoms with Crippen LogP contribution in [-0.4, -0.2) is 96.7 Å². The molecule has 39 heavy (non-hydrogen) atoms. The molecule has 3 rings (SSSR count). The molecule has 1 fully saturated rings. The summed E-state index contributed by atoms with van der Waals surface area (Å²) >= 11 is 0. The Labute approximate surface area is 223 Å². The van der Waals surface area contributed by atoms with Gasteiger partial charge < -0.3 is 39.2 Å². The first-order chi connectivity index (χ1) is 18.8. The molecule has 1 aromatic carbocycles. The first-order valence-electron chi connectivity index (χ1n) is 12.2. The molecule has 0 radical (unpaired) electrons. The molecule has 2 aliphatic heterocycles. The van der Waals surface area contributed by atoms with Gasteiger partial charge in [0, 0.05) is 56.1 Å². The minimum Gasteiger partial charge on any atom is -0.491 e. The second-order valence-electron chi connectivity index (χ2n) is 8.53. The number of carboxylic acid groups (broad SMARTS) is 1. The van der Waals surface area contributed by atoms with Crippen LogP contribution in [0.4, 0.5) is 0 Å². The average Bonchev–Trinajstić information content (AvgIpc) is 3.22. The topological polar surface area (TPSA) is 187 Å². The van der Waals surface area contributed by atoms with E-state index >= 15 is 0 Å². The van der Waals surface area contributed by atoms with Gasteiger partial charge in [-0.3, -0.25) is 24.1 Å². The van der Waals surface area contributed by atoms with Crippen molar-refractivity contribution in [2.45, 2.75) is 44.4 Å². The number of nitrogens with zero attached hydrogens (tertiary/aromatic N) is 1. The van der Waals surface area contributed by atoms with E-state index in [1.54, 1.807) is 12.1 Å². The molecule has 0 bridgehead atoms. The van der Waals surface area contributed by atoms with E-state index in [2.05, 4.69) is 5.32 Å². The highest BCUT2D eigenvalue weighted by molar-refractivity contribution is 6.13. The van der Waals surface area contributed by atoms with Gasteiger partial charge in [0.1, 0.15) is 24.7 Å². The Bertz CT molecular complexity index is 1060. The lowest BCUT2D eigenvalue weighted by atomic mass is 10.1. The second-order valence-corrected chi connectivity index (χ2v) is 8.53. The molecule has 1 saturated heterocycles. The van der Waals surface area contributed by atoms with E-state index in [9.17, 15) is 34.2 Å². The van der Waals surface area contributed by atoms with Crippen molar-refractivity contribution in [3.05, 3.63) is 35.9 Å². The maximum absolute atomic E-state index is 11.9. The maximum Gasteiger partial charge on any atom is 0.333 e. The molecule has 2 heterocycles. The number of benzene rings is 1. The van der Waals surface area contributed by atoms with Crippen molar-refractivity contribution in [1.29, 1.82) is 0 Å². The fraction of sp³-hybridized carbons (Fsp3) is 0.480. The van der Waals surface area contributed by atoms with Gasteiger partial charge in [-0.1, -0.05) is 0 Å². The number of carbonyl (C=O) groups excluding carboxylic acids is 4. The highest BCUT2D eigenvalue weighted by Gasteiger charge is 2.34. The van der Waals surface area contributed by atoms with E-state index in [0.717, 1.165) is 17.1 Å². The molecule has 0 saturated carbocycles. The summed E-state index contributed by atoms with van der Waals surface area (Å²) in [6, 6.07) is 4.70. The summed E-state index contributed by atoms with van der Waals surface area (Å²) in [6.45, 7) is 0.910. The molecular weight excluding hydrogens is 520 g/mol. The van der Waals surface area contributed by atoms with Crippen LogP contribution in [0, 0.1) is 0 Å². The Kier molecular flexibility index (Phi) is 11.2. The Morgan fingerprint density at radius 3 is 2.62 bits per heavy atom. The largest absolute Gasteiger partial charge is 0.491 e. The van der Waals surface area contributed by atoms with Crippen molar-refractivity contribution in [3.8, 4) is 11.5 Å². The summed E-state index contributed by atoms with van der Waals surface area (Å²) in [4.78, 5) is 57.7. The molecule has 1 aromatic rings. The Hall–Kier alpha value is -4.01. The highest BCUT2D eigenvalue weighted by atomic mass is 16.7. The summed E-state index contributed by atoms with van der Waals surface area (Å²) in [7, 11) is 0. The van der Waals surface area contributed by atoms with Gasteiger partial charge in [-0.15, -0.1) is 0 Å². The smallest absolute Gasteiger partial charge is 0.333 e. The van der Waals surface area contributed by atoms with Crippen LogP contribution in [0.5, 0.6) is 11.5 Å². The number of hydrogen-bond donors (Lipinski definition) is 3. The first-order valence-corrected chi connectivity index (χ1v) is 12.2. The molecule has 3 unspecified atom stereocenters. The standard InChI is InChI=1S/C25H30N2O12/c28-15-36-14-16-1-2-18(38-24-12-17(29)11-20(39-24)25(33)34)13-19(16)37-10-9-35-8-6-26-21(30)5-7-27-22(31)3-4-23(27)32/h1-4,13,15,17,20,24,29H,5-12,14H2,(H,26,30)(H,33,34). The quantitative estimate of drug-likeness (QED) is 0.136. The number of aliphatic hydroxyl groups is 1. The van der Waals surface area contributed by atoms with Gasteiger partial charge in [-0.2, -0.15) is 0 Å². The number of carbonyl (C=O) groups is 5. The minimum atomic E-state index is -1.19. The van der Waals surface area contributed by atoms with Crippen LogP contribution < -0.4 is 14.8 Å². The number of nitrogens with one attached hydrogen (secondary N) is 1. The molecule has 14 nitrogen and oxygen atoms in total. The molecule has 0 aliphatic carbocycles. The summed E-state index contributed by atoms with van der Waals surface area (Å²) in [6.07, 6.45) is -0.708. The van der Waals surface area contributed by atoms with Gasteiger partial charge >= 0.3 is 5.97 Å². The number of ether oxygens (including phenoxy) is 5. The molecule has 212 valence electrons. The normalized spacial score (nSPS) is 20.5. The fourth-order valence-electron chi connectivity index (χ4n) is 3.76. The first kappa shape index (κ1) is 29.5. The monoisotopic (exact) mass is 550 g/mol.